The van der Waals surface area contributed by atoms with Gasteiger partial charge >= 0.3 is 0 Å². The molecular weight excluding hydrogens is 481 g/mol. The van der Waals surface area contributed by atoms with Crippen LogP contribution in [0.2, 0.25) is 10.0 Å². The van der Waals surface area contributed by atoms with Crippen LogP contribution < -0.4 is 14.4 Å². The third-order valence-corrected chi connectivity index (χ3v) is 6.06. The fourth-order valence-corrected chi connectivity index (χ4v) is 4.18. The Balaban J connectivity index is 1.96. The van der Waals surface area contributed by atoms with Crippen molar-refractivity contribution in [2.45, 2.75) is 6.04 Å². The third-order valence-electron chi connectivity index (χ3n) is 5.49. The van der Waals surface area contributed by atoms with E-state index in [1.165, 1.54) is 49.5 Å². The summed E-state index contributed by atoms with van der Waals surface area (Å²) in [5.41, 5.74) is 0.849. The highest BCUT2D eigenvalue weighted by molar-refractivity contribution is 6.51. The second kappa shape index (κ2) is 9.29. The van der Waals surface area contributed by atoms with E-state index < -0.39 is 23.5 Å². The van der Waals surface area contributed by atoms with E-state index in [0.717, 1.165) is 0 Å². The molecule has 1 amide bonds. The Morgan fingerprint density at radius 3 is 2.21 bits per heavy atom. The molecule has 1 heterocycles. The van der Waals surface area contributed by atoms with Gasteiger partial charge < -0.3 is 19.7 Å². The summed E-state index contributed by atoms with van der Waals surface area (Å²) in [6.45, 7) is 0. The van der Waals surface area contributed by atoms with Crippen LogP contribution in [0.5, 0.6) is 17.2 Å². The summed E-state index contributed by atoms with van der Waals surface area (Å²) in [7, 11) is 2.83. The second-order valence-corrected chi connectivity index (χ2v) is 8.27. The number of amides is 1. The molecule has 0 spiro atoms. The van der Waals surface area contributed by atoms with Gasteiger partial charge in [0.1, 0.15) is 11.5 Å². The molecular formula is C25H19Cl2NO6. The number of phenolic OH excluding ortho intramolecular Hbond substituents is 1. The molecule has 1 aliphatic rings. The Hall–Kier alpha value is -3.68. The molecule has 174 valence electrons. The zero-order chi connectivity index (χ0) is 24.6. The number of ether oxygens (including phenoxy) is 2. The molecule has 0 aliphatic carbocycles. The number of hydrogen-bond donors (Lipinski definition) is 2. The Labute approximate surface area is 205 Å². The van der Waals surface area contributed by atoms with Crippen molar-refractivity contribution in [3.05, 3.63) is 87.4 Å². The molecule has 4 rings (SSSR count). The summed E-state index contributed by atoms with van der Waals surface area (Å²) >= 11 is 12.1. The molecule has 1 atom stereocenters. The topological polar surface area (TPSA) is 96.3 Å². The molecule has 1 unspecified atom stereocenters. The predicted molar refractivity (Wildman–Crippen MR) is 129 cm³/mol. The van der Waals surface area contributed by atoms with Crippen LogP contribution in [-0.4, -0.2) is 36.1 Å². The molecule has 0 radical (unpaired) electrons. The standard InChI is InChI=1S/C25H19Cl2NO6/c1-33-19-10-4-13(11-18(19)29)22-21(23(30)14-3-9-17(27)20(12-14)34-2)24(31)25(32)28(22)16-7-5-15(26)6-8-16/h3-12,22,29-30H,1-2H3/b23-21-. The maximum Gasteiger partial charge on any atom is 0.300 e. The number of phenols is 1. The van der Waals surface area contributed by atoms with Crippen molar-refractivity contribution in [2.75, 3.05) is 19.1 Å². The zero-order valence-corrected chi connectivity index (χ0v) is 19.6. The lowest BCUT2D eigenvalue weighted by Gasteiger charge is -2.26. The highest BCUT2D eigenvalue weighted by Crippen LogP contribution is 2.44. The second-order valence-electron chi connectivity index (χ2n) is 7.43. The molecule has 9 heteroatoms. The SMILES string of the molecule is COc1ccc(C2/C(=C(/O)c3ccc(Cl)c(OC)c3)C(=O)C(=O)N2c2ccc(Cl)cc2)cc1O. The van der Waals surface area contributed by atoms with E-state index in [0.29, 0.717) is 21.3 Å². The van der Waals surface area contributed by atoms with Crippen molar-refractivity contribution < 1.29 is 29.3 Å². The fraction of sp³-hybridized carbons (Fsp3) is 0.120. The number of hydrogen-bond acceptors (Lipinski definition) is 6. The van der Waals surface area contributed by atoms with Gasteiger partial charge in [-0.25, -0.2) is 0 Å². The highest BCUT2D eigenvalue weighted by Gasteiger charge is 2.47. The molecule has 0 saturated carbocycles. The van der Waals surface area contributed by atoms with Gasteiger partial charge in [-0.2, -0.15) is 0 Å². The van der Waals surface area contributed by atoms with Crippen molar-refractivity contribution in [3.63, 3.8) is 0 Å². The summed E-state index contributed by atoms with van der Waals surface area (Å²) in [6, 6.07) is 14.3. The monoisotopic (exact) mass is 499 g/mol. The number of aliphatic hydroxyl groups excluding tert-OH is 1. The van der Waals surface area contributed by atoms with Gasteiger partial charge in [0.25, 0.3) is 11.7 Å². The molecule has 1 fully saturated rings. The maximum atomic E-state index is 13.2. The van der Waals surface area contributed by atoms with Crippen molar-refractivity contribution >= 4 is 46.3 Å². The van der Waals surface area contributed by atoms with E-state index in [4.69, 9.17) is 32.7 Å². The van der Waals surface area contributed by atoms with Gasteiger partial charge in [-0.15, -0.1) is 0 Å². The first kappa shape index (κ1) is 23.5. The summed E-state index contributed by atoms with van der Waals surface area (Å²) in [5.74, 6) is -1.82. The Morgan fingerprint density at radius 1 is 0.912 bits per heavy atom. The van der Waals surface area contributed by atoms with Gasteiger partial charge in [0, 0.05) is 16.3 Å². The number of methoxy groups -OCH3 is 2. The molecule has 0 bridgehead atoms. The first-order valence-electron chi connectivity index (χ1n) is 10.0. The Kier molecular flexibility index (Phi) is 6.41. The molecule has 0 aromatic heterocycles. The number of carbonyl (C=O) groups is 2. The van der Waals surface area contributed by atoms with E-state index in [9.17, 15) is 19.8 Å². The number of Topliss-reactive ketones (excluding diaryl/α,β-unsaturated/α-hetero) is 1. The van der Waals surface area contributed by atoms with Crippen LogP contribution in [0.25, 0.3) is 5.76 Å². The van der Waals surface area contributed by atoms with Gasteiger partial charge in [0.2, 0.25) is 0 Å². The molecule has 7 nitrogen and oxygen atoms in total. The van der Waals surface area contributed by atoms with Gasteiger partial charge in [-0.3, -0.25) is 14.5 Å². The average Bonchev–Trinajstić information content (AvgIpc) is 3.10. The van der Waals surface area contributed by atoms with Crippen molar-refractivity contribution in [1.29, 1.82) is 0 Å². The third kappa shape index (κ3) is 4.04. The normalized spacial score (nSPS) is 17.2. The number of halogens is 2. The van der Waals surface area contributed by atoms with Crippen LogP contribution in [0, 0.1) is 0 Å². The minimum Gasteiger partial charge on any atom is -0.507 e. The lowest BCUT2D eigenvalue weighted by Crippen LogP contribution is -2.29. The number of anilines is 1. The number of ketones is 1. The van der Waals surface area contributed by atoms with Crippen LogP contribution in [-0.2, 0) is 9.59 Å². The largest absolute Gasteiger partial charge is 0.507 e. The van der Waals surface area contributed by atoms with Crippen molar-refractivity contribution in [1.82, 2.24) is 0 Å². The van der Waals surface area contributed by atoms with Crippen LogP contribution >= 0.6 is 23.2 Å². The number of aromatic hydroxyl groups is 1. The summed E-state index contributed by atoms with van der Waals surface area (Å²) in [6.07, 6.45) is 0. The quantitative estimate of drug-likeness (QED) is 0.279. The Bertz CT molecular complexity index is 1320. The molecule has 34 heavy (non-hydrogen) atoms. The maximum absolute atomic E-state index is 13.2. The predicted octanol–water partition coefficient (Wildman–Crippen LogP) is 5.34. The average molecular weight is 500 g/mol. The van der Waals surface area contributed by atoms with Gasteiger partial charge in [-0.05, 0) is 60.2 Å². The number of nitrogens with zero attached hydrogens (tertiary/aromatic N) is 1. The zero-order valence-electron chi connectivity index (χ0n) is 18.1. The van der Waals surface area contributed by atoms with E-state index in [1.54, 1.807) is 30.3 Å². The summed E-state index contributed by atoms with van der Waals surface area (Å²) in [5, 5.41) is 22.3. The molecule has 2 N–H and O–H groups in total. The van der Waals surface area contributed by atoms with Crippen LogP contribution in [0.1, 0.15) is 17.2 Å². The van der Waals surface area contributed by atoms with Crippen molar-refractivity contribution in [3.8, 4) is 17.2 Å². The molecule has 1 aliphatic heterocycles. The fourth-order valence-electron chi connectivity index (χ4n) is 3.86. The number of rotatable bonds is 5. The number of carbonyl (C=O) groups excluding carboxylic acids is 2. The lowest BCUT2D eigenvalue weighted by atomic mass is 9.94. The molecule has 3 aromatic rings. The van der Waals surface area contributed by atoms with Crippen LogP contribution in [0.4, 0.5) is 5.69 Å². The van der Waals surface area contributed by atoms with E-state index in [1.807, 2.05) is 0 Å². The summed E-state index contributed by atoms with van der Waals surface area (Å²) < 4.78 is 10.3. The number of benzene rings is 3. The highest BCUT2D eigenvalue weighted by atomic mass is 35.5. The van der Waals surface area contributed by atoms with E-state index in [-0.39, 0.29) is 28.4 Å². The lowest BCUT2D eigenvalue weighted by molar-refractivity contribution is -0.132. The molecule has 3 aromatic carbocycles. The van der Waals surface area contributed by atoms with Crippen LogP contribution in [0.3, 0.4) is 0 Å². The minimum absolute atomic E-state index is 0.158. The van der Waals surface area contributed by atoms with Gasteiger partial charge in [0.15, 0.2) is 11.5 Å². The smallest absolute Gasteiger partial charge is 0.300 e. The Morgan fingerprint density at radius 2 is 1.59 bits per heavy atom. The van der Waals surface area contributed by atoms with Crippen molar-refractivity contribution in [2.24, 2.45) is 0 Å². The first-order chi connectivity index (χ1) is 16.3. The number of aliphatic hydroxyl groups is 1. The summed E-state index contributed by atoms with van der Waals surface area (Å²) in [4.78, 5) is 27.6. The van der Waals surface area contributed by atoms with E-state index in [2.05, 4.69) is 0 Å². The molecule has 1 saturated heterocycles. The van der Waals surface area contributed by atoms with Gasteiger partial charge in [0.05, 0.1) is 30.9 Å². The van der Waals surface area contributed by atoms with Crippen LogP contribution in [0.15, 0.2) is 66.2 Å². The minimum atomic E-state index is -1.04. The van der Waals surface area contributed by atoms with Gasteiger partial charge in [-0.1, -0.05) is 29.3 Å². The van der Waals surface area contributed by atoms with E-state index >= 15 is 0 Å². The first-order valence-corrected chi connectivity index (χ1v) is 10.8.